The Labute approximate surface area is 200 Å². The molecule has 1 heterocycles. The smallest absolute Gasteiger partial charge is 0.125 e. The Balaban J connectivity index is 1.56. The minimum absolute atomic E-state index is 0.626. The van der Waals surface area contributed by atoms with Crippen molar-refractivity contribution in [1.29, 1.82) is 5.26 Å². The predicted octanol–water partition coefficient (Wildman–Crippen LogP) is 7.47. The van der Waals surface area contributed by atoms with E-state index in [-0.39, 0.29) is 0 Å². The lowest BCUT2D eigenvalue weighted by Gasteiger charge is -2.13. The maximum atomic E-state index is 10.0. The summed E-state index contributed by atoms with van der Waals surface area (Å²) in [6.07, 6.45) is 0.862. The average Bonchev–Trinajstić information content (AvgIpc) is 2.86. The Morgan fingerprint density at radius 2 is 1.48 bits per heavy atom. The first-order chi connectivity index (χ1) is 16.2. The van der Waals surface area contributed by atoms with E-state index in [0.29, 0.717) is 12.2 Å². The number of ether oxygens (including phenoxy) is 1. The second-order valence-electron chi connectivity index (χ2n) is 7.85. The van der Waals surface area contributed by atoms with E-state index < -0.39 is 0 Å². The van der Waals surface area contributed by atoms with Gasteiger partial charge in [0.1, 0.15) is 16.8 Å². The van der Waals surface area contributed by atoms with Gasteiger partial charge in [-0.15, -0.1) is 11.8 Å². The molecule has 1 aromatic heterocycles. The average molecular weight is 451 g/mol. The van der Waals surface area contributed by atoms with E-state index in [0.717, 1.165) is 56.5 Å². The Bertz CT molecular complexity index is 1240. The molecule has 33 heavy (non-hydrogen) atoms. The van der Waals surface area contributed by atoms with Crippen LogP contribution in [0.25, 0.3) is 22.4 Å². The molecular weight excluding hydrogens is 424 g/mol. The summed E-state index contributed by atoms with van der Waals surface area (Å²) in [6.45, 7) is 4.77. The third-order valence-electron chi connectivity index (χ3n) is 5.44. The van der Waals surface area contributed by atoms with Gasteiger partial charge in [-0.05, 0) is 43.0 Å². The highest BCUT2D eigenvalue weighted by molar-refractivity contribution is 7.99. The lowest BCUT2D eigenvalue weighted by Crippen LogP contribution is -2.02. The molecule has 0 fully saturated rings. The zero-order valence-corrected chi connectivity index (χ0v) is 19.7. The minimum atomic E-state index is 0.626. The van der Waals surface area contributed by atoms with E-state index >= 15 is 0 Å². The maximum absolute atomic E-state index is 10.0. The van der Waals surface area contributed by atoms with E-state index in [1.807, 2.05) is 60.7 Å². The predicted molar refractivity (Wildman–Crippen MR) is 137 cm³/mol. The number of hydrogen-bond donors (Lipinski definition) is 0. The van der Waals surface area contributed by atoms with Crippen molar-refractivity contribution in [2.24, 2.45) is 0 Å². The Hall–Kier alpha value is -3.55. The van der Waals surface area contributed by atoms with E-state index in [9.17, 15) is 5.26 Å². The second kappa shape index (κ2) is 10.8. The Morgan fingerprint density at radius 3 is 2.12 bits per heavy atom. The highest BCUT2D eigenvalue weighted by Gasteiger charge is 2.15. The highest BCUT2D eigenvalue weighted by Crippen LogP contribution is 2.34. The van der Waals surface area contributed by atoms with Gasteiger partial charge in [0.25, 0.3) is 0 Å². The fourth-order valence-electron chi connectivity index (χ4n) is 3.77. The van der Waals surface area contributed by atoms with Gasteiger partial charge >= 0.3 is 0 Å². The lowest BCUT2D eigenvalue weighted by atomic mass is 9.99. The molecule has 0 aliphatic heterocycles. The van der Waals surface area contributed by atoms with Crippen molar-refractivity contribution in [2.75, 3.05) is 12.4 Å². The van der Waals surface area contributed by atoms with Gasteiger partial charge in [-0.2, -0.15) is 5.26 Å². The van der Waals surface area contributed by atoms with Gasteiger partial charge in [0.2, 0.25) is 0 Å². The van der Waals surface area contributed by atoms with Gasteiger partial charge in [-0.3, -0.25) is 0 Å². The third-order valence-corrected chi connectivity index (χ3v) is 6.50. The Kier molecular flexibility index (Phi) is 7.44. The van der Waals surface area contributed by atoms with Crippen LogP contribution in [0.3, 0.4) is 0 Å². The van der Waals surface area contributed by atoms with Gasteiger partial charge in [0.15, 0.2) is 0 Å². The summed E-state index contributed by atoms with van der Waals surface area (Å²) in [5.74, 6) is 1.79. The summed E-state index contributed by atoms with van der Waals surface area (Å²) in [7, 11) is 0. The molecule has 3 nitrogen and oxygen atoms in total. The molecule has 0 saturated heterocycles. The van der Waals surface area contributed by atoms with Gasteiger partial charge in [0, 0.05) is 16.9 Å². The van der Waals surface area contributed by atoms with Crippen molar-refractivity contribution in [1.82, 2.24) is 4.98 Å². The fourth-order valence-corrected chi connectivity index (χ4v) is 4.68. The number of hydrogen-bond acceptors (Lipinski definition) is 4. The van der Waals surface area contributed by atoms with Crippen LogP contribution >= 0.6 is 11.8 Å². The Morgan fingerprint density at radius 1 is 0.848 bits per heavy atom. The second-order valence-corrected chi connectivity index (χ2v) is 8.93. The monoisotopic (exact) mass is 450 g/mol. The highest BCUT2D eigenvalue weighted by atomic mass is 32.2. The van der Waals surface area contributed by atoms with Crippen molar-refractivity contribution in [3.63, 3.8) is 0 Å². The van der Waals surface area contributed by atoms with Crippen LogP contribution in [-0.4, -0.2) is 17.3 Å². The first-order valence-electron chi connectivity index (χ1n) is 11.0. The molecule has 4 aromatic rings. The molecule has 4 heteroatoms. The van der Waals surface area contributed by atoms with Gasteiger partial charge in [0.05, 0.1) is 17.9 Å². The third kappa shape index (κ3) is 5.45. The SMILES string of the molecule is Cc1cccc(C)c1OCCCSc1nc(-c2ccccc2)cc(-c2ccccc2)c1C#N. The number of nitriles is 1. The van der Waals surface area contributed by atoms with E-state index in [4.69, 9.17) is 9.72 Å². The molecule has 0 bridgehead atoms. The minimum Gasteiger partial charge on any atom is -0.493 e. The molecule has 0 amide bonds. The van der Waals surface area contributed by atoms with Crippen molar-refractivity contribution >= 4 is 11.8 Å². The molecule has 0 radical (unpaired) electrons. The summed E-state index contributed by atoms with van der Waals surface area (Å²) in [6, 6.07) is 30.8. The van der Waals surface area contributed by atoms with E-state index in [1.54, 1.807) is 11.8 Å². The molecular formula is C29H26N2OS. The topological polar surface area (TPSA) is 45.9 Å². The first kappa shape index (κ1) is 22.6. The van der Waals surface area contributed by atoms with Crippen molar-refractivity contribution < 1.29 is 4.74 Å². The summed E-state index contributed by atoms with van der Waals surface area (Å²) in [5, 5.41) is 10.8. The van der Waals surface area contributed by atoms with Crippen LogP contribution in [0.1, 0.15) is 23.1 Å². The number of pyridine rings is 1. The molecule has 164 valence electrons. The van der Waals surface area contributed by atoms with Crippen LogP contribution in [0.2, 0.25) is 0 Å². The normalized spacial score (nSPS) is 10.6. The largest absolute Gasteiger partial charge is 0.493 e. The molecule has 0 spiro atoms. The van der Waals surface area contributed by atoms with Gasteiger partial charge in [-0.1, -0.05) is 78.9 Å². The maximum Gasteiger partial charge on any atom is 0.125 e. The lowest BCUT2D eigenvalue weighted by molar-refractivity contribution is 0.314. The van der Waals surface area contributed by atoms with Gasteiger partial charge < -0.3 is 4.74 Å². The molecule has 4 rings (SSSR count). The number of nitrogens with zero attached hydrogens (tertiary/aromatic N) is 2. The molecule has 0 aliphatic rings. The molecule has 0 unspecified atom stereocenters. The van der Waals surface area contributed by atoms with Crippen molar-refractivity contribution in [2.45, 2.75) is 25.3 Å². The van der Waals surface area contributed by atoms with Crippen LogP contribution in [0.5, 0.6) is 5.75 Å². The summed E-state index contributed by atoms with van der Waals surface area (Å²) < 4.78 is 6.05. The summed E-state index contributed by atoms with van der Waals surface area (Å²) in [4.78, 5) is 4.88. The van der Waals surface area contributed by atoms with Crippen molar-refractivity contribution in [3.05, 3.63) is 102 Å². The number of aryl methyl sites for hydroxylation is 2. The molecule has 0 N–H and O–H groups in total. The standard InChI is InChI=1S/C29H26N2OS/c1-21-11-9-12-22(2)28(21)32-17-10-18-33-29-26(20-30)25(23-13-5-3-6-14-23)19-27(31-29)24-15-7-4-8-16-24/h3-9,11-16,19H,10,17-18H2,1-2H3. The molecule has 0 aliphatic carbocycles. The summed E-state index contributed by atoms with van der Waals surface area (Å²) in [5.41, 5.74) is 6.79. The van der Waals surface area contributed by atoms with E-state index in [1.165, 1.54) is 0 Å². The number of benzene rings is 3. The van der Waals surface area contributed by atoms with Crippen LogP contribution in [-0.2, 0) is 0 Å². The molecule has 0 atom stereocenters. The molecule has 0 saturated carbocycles. The number of aromatic nitrogens is 1. The van der Waals surface area contributed by atoms with Crippen LogP contribution in [0, 0.1) is 25.2 Å². The number of para-hydroxylation sites is 1. The van der Waals surface area contributed by atoms with Crippen LogP contribution < -0.4 is 4.74 Å². The summed E-state index contributed by atoms with van der Waals surface area (Å²) >= 11 is 1.62. The molecule has 3 aromatic carbocycles. The quantitative estimate of drug-likeness (QED) is 0.206. The van der Waals surface area contributed by atoms with Crippen LogP contribution in [0.4, 0.5) is 0 Å². The number of rotatable bonds is 8. The van der Waals surface area contributed by atoms with Crippen molar-refractivity contribution in [3.8, 4) is 34.2 Å². The van der Waals surface area contributed by atoms with E-state index in [2.05, 4.69) is 44.2 Å². The van der Waals surface area contributed by atoms with Crippen LogP contribution in [0.15, 0.2) is 90.0 Å². The van der Waals surface area contributed by atoms with Gasteiger partial charge in [-0.25, -0.2) is 4.98 Å². The first-order valence-corrected chi connectivity index (χ1v) is 12.0. The number of thioether (sulfide) groups is 1. The zero-order valence-electron chi connectivity index (χ0n) is 18.9. The zero-order chi connectivity index (χ0) is 23.0. The fraction of sp³-hybridized carbons (Fsp3) is 0.172.